The van der Waals surface area contributed by atoms with Crippen LogP contribution in [0.25, 0.3) is 0 Å². The number of ether oxygens (including phenoxy) is 1. The van der Waals surface area contributed by atoms with Crippen LogP contribution < -0.4 is 5.32 Å². The number of rotatable bonds is 5. The number of halogens is 2. The van der Waals surface area contributed by atoms with Gasteiger partial charge in [-0.2, -0.15) is 0 Å². The molecule has 146 valence electrons. The Hall–Kier alpha value is -0.570. The highest BCUT2D eigenvalue weighted by atomic mass is 127. The molecule has 0 saturated carbocycles. The Morgan fingerprint density at radius 1 is 1.23 bits per heavy atom. The highest BCUT2D eigenvalue weighted by molar-refractivity contribution is 14.0. The zero-order chi connectivity index (χ0) is 17.5. The number of hydrogen-bond donors (Lipinski definition) is 1. The van der Waals surface area contributed by atoms with Crippen LogP contribution in [-0.2, 0) is 4.74 Å². The van der Waals surface area contributed by atoms with E-state index in [1.165, 1.54) is 18.4 Å². The van der Waals surface area contributed by atoms with Crippen LogP contribution in [0.4, 0.5) is 0 Å². The van der Waals surface area contributed by atoms with Gasteiger partial charge in [-0.15, -0.1) is 24.0 Å². The van der Waals surface area contributed by atoms with E-state index in [4.69, 9.17) is 21.3 Å². The van der Waals surface area contributed by atoms with Crippen molar-refractivity contribution in [1.82, 2.24) is 15.1 Å². The van der Waals surface area contributed by atoms with Gasteiger partial charge in [-0.25, -0.2) is 0 Å². The van der Waals surface area contributed by atoms with Gasteiger partial charge >= 0.3 is 0 Å². The second-order valence-corrected chi connectivity index (χ2v) is 7.04. The maximum atomic E-state index is 6.24. The summed E-state index contributed by atoms with van der Waals surface area (Å²) in [5.74, 6) is 1.04. The number of likely N-dealkylation sites (tertiary alicyclic amines) is 1. The first-order chi connectivity index (χ1) is 12.3. The van der Waals surface area contributed by atoms with E-state index in [0.717, 1.165) is 63.5 Å². The van der Waals surface area contributed by atoms with E-state index in [1.807, 2.05) is 12.1 Å². The lowest BCUT2D eigenvalue weighted by Gasteiger charge is -2.34. The molecule has 2 heterocycles. The minimum absolute atomic E-state index is 0. The third kappa shape index (κ3) is 5.97. The maximum Gasteiger partial charge on any atom is 0.193 e. The standard InChI is InChI=1S/C19H29ClN4O.HI/c1-2-21-19(24-8-3-4-9-24)22-15-18(23-10-12-25-13-11-23)16-6-5-7-17(20)14-16;/h5-7,14,18H,2-4,8-13,15H2,1H3,(H,21,22);1H. The Balaban J connectivity index is 0.00000243. The van der Waals surface area contributed by atoms with Gasteiger partial charge in [-0.05, 0) is 37.5 Å². The van der Waals surface area contributed by atoms with Crippen molar-refractivity contribution in [2.45, 2.75) is 25.8 Å². The van der Waals surface area contributed by atoms with Crippen LogP contribution in [0, 0.1) is 0 Å². The summed E-state index contributed by atoms with van der Waals surface area (Å²) < 4.78 is 5.53. The quantitative estimate of drug-likeness (QED) is 0.389. The molecule has 2 aliphatic heterocycles. The number of nitrogens with one attached hydrogen (secondary N) is 1. The van der Waals surface area contributed by atoms with E-state index in [2.05, 4.69) is 34.2 Å². The third-order valence-electron chi connectivity index (χ3n) is 4.87. The summed E-state index contributed by atoms with van der Waals surface area (Å²) in [5, 5.41) is 4.24. The normalized spacial score (nSPS) is 19.9. The van der Waals surface area contributed by atoms with Gasteiger partial charge in [0.1, 0.15) is 0 Å². The van der Waals surface area contributed by atoms with E-state index in [0.29, 0.717) is 0 Å². The summed E-state index contributed by atoms with van der Waals surface area (Å²) in [4.78, 5) is 9.82. The number of nitrogens with zero attached hydrogens (tertiary/aromatic N) is 3. The lowest BCUT2D eigenvalue weighted by Crippen LogP contribution is -2.42. The van der Waals surface area contributed by atoms with Gasteiger partial charge in [0.25, 0.3) is 0 Å². The van der Waals surface area contributed by atoms with Crippen LogP contribution in [0.1, 0.15) is 31.4 Å². The predicted molar refractivity (Wildman–Crippen MR) is 119 cm³/mol. The Bertz CT molecular complexity index is 574. The fraction of sp³-hybridized carbons (Fsp3) is 0.632. The average molecular weight is 493 g/mol. The van der Waals surface area contributed by atoms with Crippen molar-refractivity contribution >= 4 is 41.5 Å². The molecule has 2 saturated heterocycles. The summed E-state index contributed by atoms with van der Waals surface area (Å²) in [5.41, 5.74) is 1.23. The predicted octanol–water partition coefficient (Wildman–Crippen LogP) is 3.39. The number of hydrogen-bond acceptors (Lipinski definition) is 3. The van der Waals surface area contributed by atoms with Gasteiger partial charge in [-0.1, -0.05) is 23.7 Å². The molecule has 1 atom stereocenters. The first-order valence-electron chi connectivity index (χ1n) is 9.38. The lowest BCUT2D eigenvalue weighted by atomic mass is 10.0. The Kier molecular flexibility index (Phi) is 9.45. The Morgan fingerprint density at radius 3 is 2.62 bits per heavy atom. The molecule has 0 aromatic heterocycles. The number of aliphatic imine (C=N–C) groups is 1. The van der Waals surface area contributed by atoms with Crippen molar-refractivity contribution in [3.63, 3.8) is 0 Å². The largest absolute Gasteiger partial charge is 0.379 e. The summed E-state index contributed by atoms with van der Waals surface area (Å²) >= 11 is 6.24. The summed E-state index contributed by atoms with van der Waals surface area (Å²) in [6.07, 6.45) is 2.51. The van der Waals surface area contributed by atoms with Gasteiger partial charge in [0.15, 0.2) is 5.96 Å². The van der Waals surface area contributed by atoms with Gasteiger partial charge < -0.3 is 15.0 Å². The Labute approximate surface area is 179 Å². The highest BCUT2D eigenvalue weighted by Crippen LogP contribution is 2.25. The molecule has 1 aromatic rings. The molecular formula is C19H30ClIN4O. The molecule has 7 heteroatoms. The molecule has 3 rings (SSSR count). The fourth-order valence-electron chi connectivity index (χ4n) is 3.56. The zero-order valence-corrected chi connectivity index (χ0v) is 18.6. The first-order valence-corrected chi connectivity index (χ1v) is 9.76. The Morgan fingerprint density at radius 2 is 1.96 bits per heavy atom. The smallest absolute Gasteiger partial charge is 0.193 e. The molecule has 26 heavy (non-hydrogen) atoms. The second kappa shape index (κ2) is 11.3. The maximum absolute atomic E-state index is 6.24. The van der Waals surface area contributed by atoms with Gasteiger partial charge in [0, 0.05) is 37.7 Å². The van der Waals surface area contributed by atoms with Crippen molar-refractivity contribution in [1.29, 1.82) is 0 Å². The molecule has 2 fully saturated rings. The van der Waals surface area contributed by atoms with E-state index < -0.39 is 0 Å². The summed E-state index contributed by atoms with van der Waals surface area (Å²) in [6.45, 7) is 9.41. The zero-order valence-electron chi connectivity index (χ0n) is 15.5. The highest BCUT2D eigenvalue weighted by Gasteiger charge is 2.24. The SMILES string of the molecule is CCNC(=NCC(c1cccc(Cl)c1)N1CCOCC1)N1CCCC1.I. The fourth-order valence-corrected chi connectivity index (χ4v) is 3.76. The van der Waals surface area contributed by atoms with Gasteiger partial charge in [0.05, 0.1) is 25.8 Å². The van der Waals surface area contributed by atoms with Crippen molar-refractivity contribution in [3.05, 3.63) is 34.9 Å². The second-order valence-electron chi connectivity index (χ2n) is 6.61. The molecule has 0 aliphatic carbocycles. The molecule has 0 radical (unpaired) electrons. The minimum Gasteiger partial charge on any atom is -0.379 e. The van der Waals surface area contributed by atoms with Crippen LogP contribution in [0.15, 0.2) is 29.3 Å². The topological polar surface area (TPSA) is 40.1 Å². The summed E-state index contributed by atoms with van der Waals surface area (Å²) in [6, 6.07) is 8.42. The molecule has 0 bridgehead atoms. The number of morpholine rings is 1. The monoisotopic (exact) mass is 492 g/mol. The summed E-state index contributed by atoms with van der Waals surface area (Å²) in [7, 11) is 0. The van der Waals surface area contributed by atoms with E-state index in [1.54, 1.807) is 0 Å². The van der Waals surface area contributed by atoms with Crippen LogP contribution in [0.5, 0.6) is 0 Å². The molecular weight excluding hydrogens is 463 g/mol. The van der Waals surface area contributed by atoms with E-state index in [-0.39, 0.29) is 30.0 Å². The molecule has 5 nitrogen and oxygen atoms in total. The minimum atomic E-state index is 0. The van der Waals surface area contributed by atoms with Crippen molar-refractivity contribution < 1.29 is 4.74 Å². The van der Waals surface area contributed by atoms with E-state index >= 15 is 0 Å². The molecule has 1 unspecified atom stereocenters. The van der Waals surface area contributed by atoms with Crippen LogP contribution in [0.2, 0.25) is 5.02 Å². The van der Waals surface area contributed by atoms with Crippen LogP contribution in [-0.4, -0.2) is 68.2 Å². The van der Waals surface area contributed by atoms with Crippen molar-refractivity contribution in [3.8, 4) is 0 Å². The molecule has 1 N–H and O–H groups in total. The average Bonchev–Trinajstić information content (AvgIpc) is 3.16. The molecule has 0 amide bonds. The first kappa shape index (κ1) is 21.7. The van der Waals surface area contributed by atoms with E-state index in [9.17, 15) is 0 Å². The van der Waals surface area contributed by atoms with Crippen LogP contribution >= 0.6 is 35.6 Å². The number of guanidine groups is 1. The lowest BCUT2D eigenvalue weighted by molar-refractivity contribution is 0.0179. The molecule has 0 spiro atoms. The van der Waals surface area contributed by atoms with Crippen LogP contribution in [0.3, 0.4) is 0 Å². The third-order valence-corrected chi connectivity index (χ3v) is 5.11. The van der Waals surface area contributed by atoms with Crippen molar-refractivity contribution in [2.75, 3.05) is 52.5 Å². The van der Waals surface area contributed by atoms with Gasteiger partial charge in [0.2, 0.25) is 0 Å². The molecule has 1 aromatic carbocycles. The number of benzene rings is 1. The van der Waals surface area contributed by atoms with Gasteiger partial charge in [-0.3, -0.25) is 9.89 Å². The van der Waals surface area contributed by atoms with Crippen molar-refractivity contribution in [2.24, 2.45) is 4.99 Å². The molecule has 2 aliphatic rings.